The summed E-state index contributed by atoms with van der Waals surface area (Å²) >= 11 is 0. The summed E-state index contributed by atoms with van der Waals surface area (Å²) in [5.74, 6) is 0.0420. The van der Waals surface area contributed by atoms with Gasteiger partial charge in [0.25, 0.3) is 5.91 Å². The number of aliphatic hydroxyl groups excluding tert-OH is 1. The van der Waals surface area contributed by atoms with Crippen LogP contribution in [0.1, 0.15) is 23.5 Å². The van der Waals surface area contributed by atoms with E-state index in [9.17, 15) is 9.90 Å². The van der Waals surface area contributed by atoms with Crippen molar-refractivity contribution in [1.29, 1.82) is 0 Å². The molecule has 1 unspecified atom stereocenters. The van der Waals surface area contributed by atoms with Gasteiger partial charge in [-0.3, -0.25) is 9.89 Å². The van der Waals surface area contributed by atoms with Crippen LogP contribution in [-0.4, -0.2) is 50.3 Å². The quantitative estimate of drug-likeness (QED) is 0.628. The van der Waals surface area contributed by atoms with E-state index in [1.165, 1.54) is 6.33 Å². The van der Waals surface area contributed by atoms with E-state index in [0.717, 1.165) is 12.8 Å². The largest absolute Gasteiger partial charge is 0.391 e. The molecule has 2 heterocycles. The molecule has 0 spiro atoms. The second-order valence-corrected chi connectivity index (χ2v) is 3.38. The minimum Gasteiger partial charge on any atom is -0.391 e. The molecule has 0 radical (unpaired) electrons. The van der Waals surface area contributed by atoms with Gasteiger partial charge in [-0.15, -0.1) is 0 Å². The van der Waals surface area contributed by atoms with Gasteiger partial charge in [0.1, 0.15) is 6.33 Å². The van der Waals surface area contributed by atoms with Gasteiger partial charge in [0, 0.05) is 13.1 Å². The van der Waals surface area contributed by atoms with Crippen molar-refractivity contribution in [2.45, 2.75) is 18.9 Å². The molecule has 1 aliphatic rings. The van der Waals surface area contributed by atoms with Crippen LogP contribution in [0.4, 0.5) is 0 Å². The monoisotopic (exact) mass is 196 g/mol. The number of likely N-dealkylation sites (tertiary alicyclic amines) is 1. The summed E-state index contributed by atoms with van der Waals surface area (Å²) in [5, 5.41) is 15.5. The van der Waals surface area contributed by atoms with Crippen LogP contribution in [0.2, 0.25) is 0 Å². The van der Waals surface area contributed by atoms with E-state index in [0.29, 0.717) is 13.1 Å². The summed E-state index contributed by atoms with van der Waals surface area (Å²) in [4.78, 5) is 17.1. The van der Waals surface area contributed by atoms with Gasteiger partial charge in [-0.1, -0.05) is 0 Å². The zero-order valence-corrected chi connectivity index (χ0v) is 7.68. The molecular weight excluding hydrogens is 184 g/mol. The first-order chi connectivity index (χ1) is 6.77. The highest BCUT2D eigenvalue weighted by Crippen LogP contribution is 2.11. The molecule has 6 heteroatoms. The molecule has 1 fully saturated rings. The van der Waals surface area contributed by atoms with Crippen molar-refractivity contribution in [3.8, 4) is 0 Å². The number of hydrogen-bond donors (Lipinski definition) is 2. The molecule has 0 aromatic carbocycles. The van der Waals surface area contributed by atoms with E-state index in [1.54, 1.807) is 4.90 Å². The first-order valence-electron chi connectivity index (χ1n) is 4.60. The average Bonchev–Trinajstić information content (AvgIpc) is 2.69. The highest BCUT2D eigenvalue weighted by Gasteiger charge is 2.24. The Hall–Kier alpha value is -1.43. The number of amides is 1. The van der Waals surface area contributed by atoms with Crippen LogP contribution in [-0.2, 0) is 0 Å². The third-order valence-electron chi connectivity index (χ3n) is 2.30. The maximum atomic E-state index is 11.7. The molecule has 0 saturated carbocycles. The summed E-state index contributed by atoms with van der Waals surface area (Å²) in [6.07, 6.45) is 2.49. The zero-order chi connectivity index (χ0) is 9.97. The lowest BCUT2D eigenvalue weighted by Gasteiger charge is -2.29. The van der Waals surface area contributed by atoms with Gasteiger partial charge in [0.05, 0.1) is 6.10 Å². The normalized spacial score (nSPS) is 22.4. The van der Waals surface area contributed by atoms with Gasteiger partial charge in [-0.25, -0.2) is 4.98 Å². The fourth-order valence-corrected chi connectivity index (χ4v) is 1.60. The van der Waals surface area contributed by atoms with E-state index in [2.05, 4.69) is 15.2 Å². The Morgan fingerprint density at radius 1 is 1.71 bits per heavy atom. The molecule has 1 saturated heterocycles. The molecule has 76 valence electrons. The van der Waals surface area contributed by atoms with Crippen molar-refractivity contribution in [3.63, 3.8) is 0 Å². The van der Waals surface area contributed by atoms with E-state index in [-0.39, 0.29) is 11.7 Å². The summed E-state index contributed by atoms with van der Waals surface area (Å²) in [7, 11) is 0. The maximum Gasteiger partial charge on any atom is 0.291 e. The Balaban J connectivity index is 2.04. The topological polar surface area (TPSA) is 82.1 Å². The molecule has 0 bridgehead atoms. The lowest BCUT2D eigenvalue weighted by Crippen LogP contribution is -2.42. The summed E-state index contributed by atoms with van der Waals surface area (Å²) < 4.78 is 0. The standard InChI is InChI=1S/C8H12N4O2/c13-6-2-1-3-12(4-6)8(14)7-9-5-10-11-7/h5-6,13H,1-4H2,(H,9,10,11). The number of H-pyrrole nitrogens is 1. The third kappa shape index (κ3) is 1.74. The van der Waals surface area contributed by atoms with Crippen LogP contribution >= 0.6 is 0 Å². The van der Waals surface area contributed by atoms with Crippen LogP contribution in [0, 0.1) is 0 Å². The lowest BCUT2D eigenvalue weighted by atomic mass is 10.1. The molecule has 1 aromatic heterocycles. The Kier molecular flexibility index (Phi) is 2.45. The molecule has 2 N–H and O–H groups in total. The van der Waals surface area contributed by atoms with Crippen LogP contribution in [0.3, 0.4) is 0 Å². The van der Waals surface area contributed by atoms with Gasteiger partial charge < -0.3 is 10.0 Å². The second kappa shape index (κ2) is 3.75. The van der Waals surface area contributed by atoms with Crippen molar-refractivity contribution >= 4 is 5.91 Å². The summed E-state index contributed by atoms with van der Waals surface area (Å²) in [6, 6.07) is 0. The highest BCUT2D eigenvalue weighted by molar-refractivity contribution is 5.90. The van der Waals surface area contributed by atoms with E-state index >= 15 is 0 Å². The molecular formula is C8H12N4O2. The molecule has 1 aromatic rings. The predicted molar refractivity (Wildman–Crippen MR) is 47.5 cm³/mol. The van der Waals surface area contributed by atoms with Gasteiger partial charge in [-0.05, 0) is 12.8 Å². The maximum absolute atomic E-state index is 11.7. The van der Waals surface area contributed by atoms with Crippen molar-refractivity contribution in [2.24, 2.45) is 0 Å². The Labute approximate surface area is 80.9 Å². The van der Waals surface area contributed by atoms with Gasteiger partial charge in [0.2, 0.25) is 5.82 Å². The minimum atomic E-state index is -0.407. The van der Waals surface area contributed by atoms with Crippen molar-refractivity contribution in [3.05, 3.63) is 12.2 Å². The molecule has 1 amide bonds. The molecule has 0 aliphatic carbocycles. The molecule has 1 atom stereocenters. The predicted octanol–water partition coefficient (Wildman–Crippen LogP) is -0.598. The number of hydrogen-bond acceptors (Lipinski definition) is 4. The van der Waals surface area contributed by atoms with E-state index < -0.39 is 6.10 Å². The first-order valence-corrected chi connectivity index (χ1v) is 4.60. The third-order valence-corrected chi connectivity index (χ3v) is 2.30. The number of rotatable bonds is 1. The number of nitrogens with one attached hydrogen (secondary N) is 1. The van der Waals surface area contributed by atoms with Gasteiger partial charge >= 0.3 is 0 Å². The van der Waals surface area contributed by atoms with Crippen molar-refractivity contribution in [2.75, 3.05) is 13.1 Å². The summed E-state index contributed by atoms with van der Waals surface area (Å²) in [6.45, 7) is 1.07. The SMILES string of the molecule is O=C(c1ncn[nH]1)N1CCCC(O)C1. The van der Waals surface area contributed by atoms with E-state index in [1.807, 2.05) is 0 Å². The van der Waals surface area contributed by atoms with Gasteiger partial charge in [-0.2, -0.15) is 5.10 Å². The van der Waals surface area contributed by atoms with Crippen LogP contribution < -0.4 is 0 Å². The first kappa shape index (κ1) is 9.14. The highest BCUT2D eigenvalue weighted by atomic mass is 16.3. The fraction of sp³-hybridized carbons (Fsp3) is 0.625. The van der Waals surface area contributed by atoms with Crippen LogP contribution in [0.25, 0.3) is 0 Å². The van der Waals surface area contributed by atoms with Crippen molar-refractivity contribution in [1.82, 2.24) is 20.1 Å². The molecule has 6 nitrogen and oxygen atoms in total. The number of aromatic amines is 1. The molecule has 14 heavy (non-hydrogen) atoms. The number of carbonyl (C=O) groups is 1. The van der Waals surface area contributed by atoms with Crippen molar-refractivity contribution < 1.29 is 9.90 Å². The Bertz CT molecular complexity index is 311. The number of nitrogens with zero attached hydrogens (tertiary/aromatic N) is 3. The Morgan fingerprint density at radius 2 is 2.57 bits per heavy atom. The van der Waals surface area contributed by atoms with E-state index in [4.69, 9.17) is 0 Å². The Morgan fingerprint density at radius 3 is 3.21 bits per heavy atom. The van der Waals surface area contributed by atoms with Gasteiger partial charge in [0.15, 0.2) is 0 Å². The zero-order valence-electron chi connectivity index (χ0n) is 7.68. The average molecular weight is 196 g/mol. The number of aromatic nitrogens is 3. The fourth-order valence-electron chi connectivity index (χ4n) is 1.60. The summed E-state index contributed by atoms with van der Waals surface area (Å²) in [5.41, 5.74) is 0. The number of aliphatic hydroxyl groups is 1. The number of β-amino-alcohol motifs (C(OH)–C–C–N with tert-alkyl or cyclic N) is 1. The number of piperidine rings is 1. The lowest BCUT2D eigenvalue weighted by molar-refractivity contribution is 0.0464. The number of carbonyl (C=O) groups excluding carboxylic acids is 1. The second-order valence-electron chi connectivity index (χ2n) is 3.38. The molecule has 1 aliphatic heterocycles. The van der Waals surface area contributed by atoms with Crippen LogP contribution in [0.5, 0.6) is 0 Å². The van der Waals surface area contributed by atoms with Crippen LogP contribution in [0.15, 0.2) is 6.33 Å². The smallest absolute Gasteiger partial charge is 0.291 e. The minimum absolute atomic E-state index is 0.193. The molecule has 2 rings (SSSR count).